The fourth-order valence-corrected chi connectivity index (χ4v) is 24.3. The van der Waals surface area contributed by atoms with Crippen molar-refractivity contribution in [3.63, 3.8) is 0 Å². The molecular formula is C136H82N6OS2. The van der Waals surface area contributed by atoms with Crippen LogP contribution in [0.3, 0.4) is 0 Å². The number of furan rings is 1. The summed E-state index contributed by atoms with van der Waals surface area (Å²) >= 11 is 3.75. The Morgan fingerprint density at radius 3 is 0.993 bits per heavy atom. The lowest BCUT2D eigenvalue weighted by molar-refractivity contribution is 0.670. The number of hydrogen-bond donors (Lipinski definition) is 0. The van der Waals surface area contributed by atoms with E-state index in [1.165, 1.54) is 144 Å². The molecule has 0 fully saturated rings. The van der Waals surface area contributed by atoms with Gasteiger partial charge in [-0.05, 0) is 182 Å². The fourth-order valence-electron chi connectivity index (χ4n) is 21.9. The Kier molecular flexibility index (Phi) is 20.6. The Labute approximate surface area is 841 Å². The first-order valence-electron chi connectivity index (χ1n) is 49.0. The standard InChI is InChI=1S/C52H32N2S.C44H26N2O.C40H24N2S/c1-3-13-33(14-4-1)37-25-26-49-46(29-37)47-31-40(34-15-5-2-6-16-34)30-45(52(47)55-49)38-19-11-17-35(27-38)36-18-12-20-39(28-36)48-32-53-50-43-23-9-7-21-41(43)42-22-8-10-24-44(42)51(50)54-48;1-2-15-32-27(10-1)22-23-40-41(32)38-21-9-20-33(44(38)47-40)30-13-7-11-28(24-30)29-12-8-14-31(25-29)39-26-45-42-36-18-5-3-16-34(36)35-17-4-6-19-37(35)43(42)46-39;1-3-11-33-30(8-1)31-9-2-4-12-34(31)39-38(33)41-24-36(42-39)28-22-18-26(19-23-28)25-16-20-27(21-17-25)29-13-7-14-35-32-10-5-6-15-37(32)43-40(29)35/h1-32H;1-26H;1-24H. The molecule has 0 aliphatic rings. The summed E-state index contributed by atoms with van der Waals surface area (Å²) in [5.74, 6) is 0. The maximum atomic E-state index is 6.55. The van der Waals surface area contributed by atoms with E-state index in [4.69, 9.17) is 34.3 Å². The smallest absolute Gasteiger partial charge is 0.143 e. The molecule has 6 heterocycles. The van der Waals surface area contributed by atoms with Crippen molar-refractivity contribution < 1.29 is 4.42 Å². The zero-order valence-corrected chi connectivity index (χ0v) is 79.9. The Bertz CT molecular complexity index is 10400. The molecule has 0 saturated carbocycles. The average Bonchev–Trinajstić information content (AvgIpc) is 1.70. The van der Waals surface area contributed by atoms with Crippen LogP contribution >= 0.6 is 22.7 Å². The molecule has 30 rings (SSSR count). The molecule has 0 unspecified atom stereocenters. The van der Waals surface area contributed by atoms with Crippen LogP contribution in [0.4, 0.5) is 0 Å². The van der Waals surface area contributed by atoms with Crippen LogP contribution in [0.15, 0.2) is 502 Å². The molecule has 0 spiro atoms. The Morgan fingerprint density at radius 2 is 0.490 bits per heavy atom. The molecule has 0 aliphatic heterocycles. The van der Waals surface area contributed by atoms with Gasteiger partial charge in [0.1, 0.15) is 11.2 Å². The van der Waals surface area contributed by atoms with Crippen molar-refractivity contribution in [3.05, 3.63) is 498 Å². The predicted octanol–water partition coefficient (Wildman–Crippen LogP) is 37.9. The third-order valence-electron chi connectivity index (χ3n) is 28.9. The summed E-state index contributed by atoms with van der Waals surface area (Å²) in [5.41, 5.74) is 32.2. The average molecular weight is 1880 g/mol. The van der Waals surface area contributed by atoms with Gasteiger partial charge in [0, 0.05) is 111 Å². The number of nitrogens with zero attached hydrogens (tertiary/aromatic N) is 6. The monoisotopic (exact) mass is 1880 g/mol. The molecule has 7 nitrogen and oxygen atoms in total. The molecule has 0 aliphatic carbocycles. The Hall–Kier alpha value is -18.6. The van der Waals surface area contributed by atoms with Gasteiger partial charge in [-0.2, -0.15) is 0 Å². The minimum Gasteiger partial charge on any atom is -0.455 e. The zero-order chi connectivity index (χ0) is 95.5. The van der Waals surface area contributed by atoms with Gasteiger partial charge in [0.25, 0.3) is 0 Å². The second-order valence-electron chi connectivity index (χ2n) is 37.3. The van der Waals surface area contributed by atoms with E-state index in [0.717, 1.165) is 149 Å². The topological polar surface area (TPSA) is 90.5 Å². The number of fused-ring (bicyclic) bond motifs is 29. The number of rotatable bonds is 11. The molecule has 9 heteroatoms. The van der Waals surface area contributed by atoms with Crippen LogP contribution in [0.25, 0.3) is 294 Å². The van der Waals surface area contributed by atoms with Crippen molar-refractivity contribution in [1.82, 2.24) is 29.9 Å². The van der Waals surface area contributed by atoms with Gasteiger partial charge in [-0.3, -0.25) is 15.0 Å². The maximum absolute atomic E-state index is 6.55. The number of thiophene rings is 2. The molecule has 0 N–H and O–H groups in total. The summed E-state index contributed by atoms with van der Waals surface area (Å²) in [5, 5.41) is 23.9. The molecular weight excluding hydrogens is 1800 g/mol. The zero-order valence-electron chi connectivity index (χ0n) is 78.3. The van der Waals surface area contributed by atoms with E-state index in [0.29, 0.717) is 0 Å². The van der Waals surface area contributed by atoms with Gasteiger partial charge in [-0.15, -0.1) is 22.7 Å². The Morgan fingerprint density at radius 1 is 0.166 bits per heavy atom. The third kappa shape index (κ3) is 14.9. The van der Waals surface area contributed by atoms with Crippen LogP contribution in [0.2, 0.25) is 0 Å². The lowest BCUT2D eigenvalue weighted by Gasteiger charge is -2.12. The van der Waals surface area contributed by atoms with E-state index in [-0.39, 0.29) is 0 Å². The highest BCUT2D eigenvalue weighted by Gasteiger charge is 2.23. The molecule has 6 aromatic heterocycles. The molecule has 0 radical (unpaired) electrons. The highest BCUT2D eigenvalue weighted by molar-refractivity contribution is 7.26. The minimum absolute atomic E-state index is 0.857. The van der Waals surface area contributed by atoms with E-state index in [1.807, 2.05) is 41.3 Å². The normalized spacial score (nSPS) is 11.7. The molecule has 0 amide bonds. The lowest BCUT2D eigenvalue weighted by Crippen LogP contribution is -1.92. The summed E-state index contributed by atoms with van der Waals surface area (Å²) in [6.45, 7) is 0. The minimum atomic E-state index is 0.857. The van der Waals surface area contributed by atoms with Crippen LogP contribution < -0.4 is 0 Å². The number of aromatic nitrogens is 6. The van der Waals surface area contributed by atoms with Crippen LogP contribution in [0, 0.1) is 0 Å². The largest absolute Gasteiger partial charge is 0.455 e. The van der Waals surface area contributed by atoms with Gasteiger partial charge in [-0.25, -0.2) is 15.0 Å². The van der Waals surface area contributed by atoms with E-state index in [1.54, 1.807) is 0 Å². The fraction of sp³-hybridized carbons (Fsp3) is 0. The van der Waals surface area contributed by atoms with Crippen molar-refractivity contribution in [2.45, 2.75) is 0 Å². The first-order chi connectivity index (χ1) is 71.9. The molecule has 0 atom stereocenters. The molecule has 24 aromatic carbocycles. The summed E-state index contributed by atoms with van der Waals surface area (Å²) in [4.78, 5) is 30.6. The molecule has 145 heavy (non-hydrogen) atoms. The third-order valence-corrected chi connectivity index (χ3v) is 31.3. The van der Waals surface area contributed by atoms with E-state index in [2.05, 4.69) is 479 Å². The van der Waals surface area contributed by atoms with Gasteiger partial charge < -0.3 is 4.42 Å². The van der Waals surface area contributed by atoms with E-state index in [9.17, 15) is 0 Å². The first-order valence-corrected chi connectivity index (χ1v) is 50.7. The SMILES string of the molecule is c1cc(-c2cccc(-c3cccc4c3oc3ccc5ccccc5c34)c2)cc(-c2cnc3c4ccccc4c4ccccc4c3n2)c1.c1ccc(-c2ccc3sc4c(-c5cccc(-c6cccc(-c7cnc8c9ccccc9c9ccccc9c8n7)c6)c5)cc(-c5ccccc5)cc4c3c2)cc1.c1ccc2c(c1)sc1c(-c3ccc(-c4ccc(-c5cnc6c7ccccc7c7ccccc7c6n5)cc4)cc3)cccc12. The van der Waals surface area contributed by atoms with Gasteiger partial charge >= 0.3 is 0 Å². The molecule has 30 aromatic rings. The van der Waals surface area contributed by atoms with Crippen molar-refractivity contribution in [1.29, 1.82) is 0 Å². The second-order valence-corrected chi connectivity index (χ2v) is 39.4. The van der Waals surface area contributed by atoms with Crippen LogP contribution in [-0.4, -0.2) is 29.9 Å². The lowest BCUT2D eigenvalue weighted by atomic mass is 9.93. The van der Waals surface area contributed by atoms with Gasteiger partial charge in [-0.1, -0.05) is 419 Å². The van der Waals surface area contributed by atoms with Crippen molar-refractivity contribution in [2.24, 2.45) is 0 Å². The predicted molar refractivity (Wildman–Crippen MR) is 614 cm³/mol. The van der Waals surface area contributed by atoms with Crippen molar-refractivity contribution in [2.75, 3.05) is 0 Å². The van der Waals surface area contributed by atoms with Gasteiger partial charge in [0.2, 0.25) is 0 Å². The molecule has 674 valence electrons. The van der Waals surface area contributed by atoms with Crippen LogP contribution in [-0.2, 0) is 0 Å². The van der Waals surface area contributed by atoms with Gasteiger partial charge in [0.05, 0.1) is 68.8 Å². The second kappa shape index (κ2) is 35.3. The van der Waals surface area contributed by atoms with Crippen LogP contribution in [0.1, 0.15) is 0 Å². The van der Waals surface area contributed by atoms with E-state index < -0.39 is 0 Å². The quantitative estimate of drug-likeness (QED) is 0.119. The summed E-state index contributed by atoms with van der Waals surface area (Å²) < 4.78 is 11.8. The molecule has 0 bridgehead atoms. The molecule has 0 saturated heterocycles. The van der Waals surface area contributed by atoms with Crippen LogP contribution in [0.5, 0.6) is 0 Å². The highest BCUT2D eigenvalue weighted by atomic mass is 32.1. The summed E-state index contributed by atoms with van der Waals surface area (Å²) in [7, 11) is 0. The van der Waals surface area contributed by atoms with Gasteiger partial charge in [0.15, 0.2) is 0 Å². The summed E-state index contributed by atoms with van der Waals surface area (Å²) in [6.07, 6.45) is 5.74. The van der Waals surface area contributed by atoms with Crippen molar-refractivity contribution in [3.8, 4) is 123 Å². The van der Waals surface area contributed by atoms with E-state index >= 15 is 0 Å². The number of benzene rings is 24. The number of para-hydroxylation sites is 1. The number of hydrogen-bond acceptors (Lipinski definition) is 9. The Balaban J connectivity index is 0.000000106. The first kappa shape index (κ1) is 84.4. The van der Waals surface area contributed by atoms with Crippen molar-refractivity contribution >= 4 is 193 Å². The highest BCUT2D eigenvalue weighted by Crippen LogP contribution is 2.49. The maximum Gasteiger partial charge on any atom is 0.143 e. The summed E-state index contributed by atoms with van der Waals surface area (Å²) in [6, 6.07) is 171.